The lowest BCUT2D eigenvalue weighted by molar-refractivity contribution is 0.223. The topological polar surface area (TPSA) is 45.2 Å². The predicted molar refractivity (Wildman–Crippen MR) is 119 cm³/mol. The first-order valence-electron chi connectivity index (χ1n) is 10.6. The van der Waals surface area contributed by atoms with Crippen molar-refractivity contribution in [3.8, 4) is 17.2 Å². The van der Waals surface area contributed by atoms with Crippen LogP contribution in [0.4, 0.5) is 5.69 Å². The van der Waals surface area contributed by atoms with Crippen molar-refractivity contribution >= 4 is 5.69 Å². The van der Waals surface area contributed by atoms with Gasteiger partial charge < -0.3 is 19.5 Å². The van der Waals surface area contributed by atoms with Crippen LogP contribution in [0, 0.1) is 6.92 Å². The van der Waals surface area contributed by atoms with Crippen molar-refractivity contribution in [2.75, 3.05) is 51.3 Å². The maximum atomic E-state index is 9.98. The lowest BCUT2D eigenvalue weighted by Crippen LogP contribution is -2.46. The minimum Gasteiger partial charge on any atom is -0.508 e. The molecule has 0 atom stereocenters. The number of nitrogens with zero attached hydrogens (tertiary/aromatic N) is 2. The zero-order chi connectivity index (χ0) is 20.8. The van der Waals surface area contributed by atoms with Gasteiger partial charge in [-0.05, 0) is 49.1 Å². The van der Waals surface area contributed by atoms with Crippen LogP contribution in [-0.4, -0.2) is 56.4 Å². The molecular formula is C24H34N2O3. The molecule has 3 rings (SSSR count). The van der Waals surface area contributed by atoms with Crippen LogP contribution in [0.2, 0.25) is 0 Å². The van der Waals surface area contributed by atoms with E-state index in [0.717, 1.165) is 61.8 Å². The summed E-state index contributed by atoms with van der Waals surface area (Å²) in [5.74, 6) is 2.50. The Morgan fingerprint density at radius 3 is 2.45 bits per heavy atom. The molecule has 1 heterocycles. The number of anilines is 1. The summed E-state index contributed by atoms with van der Waals surface area (Å²) in [6, 6.07) is 12.0. The van der Waals surface area contributed by atoms with Gasteiger partial charge >= 0.3 is 0 Å². The largest absolute Gasteiger partial charge is 0.508 e. The van der Waals surface area contributed by atoms with E-state index in [-0.39, 0.29) is 0 Å². The summed E-state index contributed by atoms with van der Waals surface area (Å²) in [6.07, 6.45) is 0.992. The summed E-state index contributed by atoms with van der Waals surface area (Å²) < 4.78 is 11.6. The monoisotopic (exact) mass is 398 g/mol. The Hall–Kier alpha value is -2.40. The minimum atomic E-state index is 0.319. The molecule has 0 unspecified atom stereocenters. The third kappa shape index (κ3) is 5.36. The standard InChI is InChI=1S/C24H34N2O3/c1-18(2)20-17-22(27)19(3)16-24(20)29-15-7-10-25-11-13-26(14-12-25)21-8-5-6-9-23(21)28-4/h5-6,8-9,16-18,27H,7,10-15H2,1-4H3. The lowest BCUT2D eigenvalue weighted by atomic mass is 10.00. The van der Waals surface area contributed by atoms with Gasteiger partial charge in [-0.25, -0.2) is 0 Å². The van der Waals surface area contributed by atoms with Gasteiger partial charge in [0.2, 0.25) is 0 Å². The van der Waals surface area contributed by atoms with Crippen LogP contribution in [0.1, 0.15) is 37.3 Å². The Labute approximate surface area is 174 Å². The Kier molecular flexibility index (Phi) is 7.26. The molecule has 1 aliphatic heterocycles. The predicted octanol–water partition coefficient (Wildman–Crippen LogP) is 4.42. The van der Waals surface area contributed by atoms with Crippen LogP contribution >= 0.6 is 0 Å². The molecule has 0 spiro atoms. The zero-order valence-electron chi connectivity index (χ0n) is 18.1. The van der Waals surface area contributed by atoms with E-state index in [1.165, 1.54) is 5.69 Å². The number of piperazine rings is 1. The van der Waals surface area contributed by atoms with E-state index in [4.69, 9.17) is 9.47 Å². The van der Waals surface area contributed by atoms with Crippen molar-refractivity contribution < 1.29 is 14.6 Å². The van der Waals surface area contributed by atoms with E-state index in [9.17, 15) is 5.11 Å². The van der Waals surface area contributed by atoms with Gasteiger partial charge in [0.25, 0.3) is 0 Å². The van der Waals surface area contributed by atoms with E-state index in [1.807, 2.05) is 31.2 Å². The van der Waals surface area contributed by atoms with Gasteiger partial charge in [0.05, 0.1) is 19.4 Å². The van der Waals surface area contributed by atoms with Crippen LogP contribution in [-0.2, 0) is 0 Å². The summed E-state index contributed by atoms with van der Waals surface area (Å²) >= 11 is 0. The molecule has 2 aromatic carbocycles. The summed E-state index contributed by atoms with van der Waals surface area (Å²) in [6.45, 7) is 12.0. The minimum absolute atomic E-state index is 0.319. The van der Waals surface area contributed by atoms with Gasteiger partial charge in [-0.2, -0.15) is 0 Å². The van der Waals surface area contributed by atoms with Crippen molar-refractivity contribution in [2.45, 2.75) is 33.1 Å². The maximum Gasteiger partial charge on any atom is 0.142 e. The first kappa shape index (κ1) is 21.3. The quantitative estimate of drug-likeness (QED) is 0.667. The number of rotatable bonds is 8. The van der Waals surface area contributed by atoms with Crippen LogP contribution in [0.3, 0.4) is 0 Å². The summed E-state index contributed by atoms with van der Waals surface area (Å²) in [7, 11) is 1.73. The van der Waals surface area contributed by atoms with Crippen molar-refractivity contribution in [3.05, 3.63) is 47.5 Å². The number of hydrogen-bond donors (Lipinski definition) is 1. The van der Waals surface area contributed by atoms with Crippen LogP contribution in [0.5, 0.6) is 17.2 Å². The molecule has 158 valence electrons. The second-order valence-electron chi connectivity index (χ2n) is 8.03. The number of para-hydroxylation sites is 2. The molecule has 0 saturated carbocycles. The SMILES string of the molecule is COc1ccccc1N1CCN(CCCOc2cc(C)c(O)cc2C(C)C)CC1. The summed E-state index contributed by atoms with van der Waals surface area (Å²) in [5.41, 5.74) is 3.11. The van der Waals surface area contributed by atoms with Gasteiger partial charge in [-0.3, -0.25) is 4.90 Å². The van der Waals surface area contributed by atoms with E-state index in [2.05, 4.69) is 35.8 Å². The highest BCUT2D eigenvalue weighted by atomic mass is 16.5. The van der Waals surface area contributed by atoms with Gasteiger partial charge in [0.1, 0.15) is 17.2 Å². The van der Waals surface area contributed by atoms with Crippen LogP contribution < -0.4 is 14.4 Å². The lowest BCUT2D eigenvalue weighted by Gasteiger charge is -2.36. The first-order chi connectivity index (χ1) is 14.0. The fourth-order valence-corrected chi connectivity index (χ4v) is 3.84. The number of hydrogen-bond acceptors (Lipinski definition) is 5. The van der Waals surface area contributed by atoms with Crippen LogP contribution in [0.15, 0.2) is 36.4 Å². The normalized spacial score (nSPS) is 15.0. The number of phenols is 1. The zero-order valence-corrected chi connectivity index (χ0v) is 18.1. The molecule has 0 amide bonds. The Morgan fingerprint density at radius 2 is 1.76 bits per heavy atom. The van der Waals surface area contributed by atoms with Crippen molar-refractivity contribution in [3.63, 3.8) is 0 Å². The van der Waals surface area contributed by atoms with E-state index in [1.54, 1.807) is 7.11 Å². The fraction of sp³-hybridized carbons (Fsp3) is 0.500. The second kappa shape index (κ2) is 9.88. The Morgan fingerprint density at radius 1 is 1.03 bits per heavy atom. The average molecular weight is 399 g/mol. The number of phenolic OH excluding ortho intramolecular Hbond substituents is 1. The van der Waals surface area contributed by atoms with E-state index < -0.39 is 0 Å². The van der Waals surface area contributed by atoms with E-state index in [0.29, 0.717) is 18.3 Å². The average Bonchev–Trinajstić information content (AvgIpc) is 2.73. The first-order valence-corrected chi connectivity index (χ1v) is 10.6. The van der Waals surface area contributed by atoms with Crippen molar-refractivity contribution in [1.29, 1.82) is 0 Å². The number of ether oxygens (including phenoxy) is 2. The maximum absolute atomic E-state index is 9.98. The Bertz CT molecular complexity index is 799. The molecule has 0 aliphatic carbocycles. The molecule has 0 radical (unpaired) electrons. The summed E-state index contributed by atoms with van der Waals surface area (Å²) in [5, 5.41) is 9.98. The second-order valence-corrected chi connectivity index (χ2v) is 8.03. The number of aromatic hydroxyl groups is 1. The molecule has 0 aromatic heterocycles. The third-order valence-electron chi connectivity index (χ3n) is 5.62. The van der Waals surface area contributed by atoms with Crippen LogP contribution in [0.25, 0.3) is 0 Å². The fourth-order valence-electron chi connectivity index (χ4n) is 3.84. The van der Waals surface area contributed by atoms with Gasteiger partial charge in [0.15, 0.2) is 0 Å². The number of benzene rings is 2. The smallest absolute Gasteiger partial charge is 0.142 e. The molecule has 1 aliphatic rings. The molecule has 5 heteroatoms. The van der Waals surface area contributed by atoms with Crippen molar-refractivity contribution in [1.82, 2.24) is 4.90 Å². The molecular weight excluding hydrogens is 364 g/mol. The highest BCUT2D eigenvalue weighted by molar-refractivity contribution is 5.58. The molecule has 2 aromatic rings. The van der Waals surface area contributed by atoms with Gasteiger partial charge in [0, 0.05) is 38.3 Å². The molecule has 1 saturated heterocycles. The third-order valence-corrected chi connectivity index (χ3v) is 5.62. The van der Waals surface area contributed by atoms with E-state index >= 15 is 0 Å². The highest BCUT2D eigenvalue weighted by Gasteiger charge is 2.19. The molecule has 1 fully saturated rings. The molecule has 1 N–H and O–H groups in total. The van der Waals surface area contributed by atoms with Crippen molar-refractivity contribution in [2.24, 2.45) is 0 Å². The van der Waals surface area contributed by atoms with Gasteiger partial charge in [-0.1, -0.05) is 26.0 Å². The highest BCUT2D eigenvalue weighted by Crippen LogP contribution is 2.33. The molecule has 5 nitrogen and oxygen atoms in total. The molecule has 0 bridgehead atoms. The van der Waals surface area contributed by atoms with Gasteiger partial charge in [-0.15, -0.1) is 0 Å². The Balaban J connectivity index is 1.45. The number of aryl methyl sites for hydroxylation is 1. The molecule has 29 heavy (non-hydrogen) atoms. The number of methoxy groups -OCH3 is 1. The summed E-state index contributed by atoms with van der Waals surface area (Å²) in [4.78, 5) is 4.90.